The molecule has 4 heterocycles. The number of rotatable bonds is 12. The summed E-state index contributed by atoms with van der Waals surface area (Å²) in [6, 6.07) is 72.8. The van der Waals surface area contributed by atoms with Crippen LogP contribution < -0.4 is 5.46 Å². The third kappa shape index (κ3) is 13.9. The molecule has 0 aliphatic heterocycles. The second kappa shape index (κ2) is 29.2. The molecule has 0 aliphatic carbocycles. The van der Waals surface area contributed by atoms with Crippen molar-refractivity contribution >= 4 is 79.7 Å². The number of hydrogen-bond acceptors (Lipinski definition) is 10. The molecule has 0 bridgehead atoms. The third-order valence-corrected chi connectivity index (χ3v) is 17.5. The van der Waals surface area contributed by atoms with Gasteiger partial charge in [-0.2, -0.15) is 0 Å². The fourth-order valence-corrected chi connectivity index (χ4v) is 12.6. The molecule has 103 heavy (non-hydrogen) atoms. The summed E-state index contributed by atoms with van der Waals surface area (Å²) in [5.74, 6) is 3.18. The molecule has 0 spiro atoms. The van der Waals surface area contributed by atoms with Crippen molar-refractivity contribution in [3.8, 4) is 124 Å². The maximum absolute atomic E-state index is 9.02. The number of aromatic nitrogens is 6. The van der Waals surface area contributed by atoms with E-state index in [0.717, 1.165) is 66.1 Å². The van der Waals surface area contributed by atoms with E-state index in [0.29, 0.717) is 95.1 Å². The van der Waals surface area contributed by atoms with Gasteiger partial charge in [0.2, 0.25) is 0 Å². The minimum atomic E-state index is -1.61. The number of fused-ring (bicyclic) bond motifs is 6. The van der Waals surface area contributed by atoms with Crippen molar-refractivity contribution in [2.24, 2.45) is 0 Å². The summed E-state index contributed by atoms with van der Waals surface area (Å²) in [5.41, 5.74) is 12.3. The van der Waals surface area contributed by atoms with Gasteiger partial charge in [-0.15, -0.1) is 0 Å². The van der Waals surface area contributed by atoms with Gasteiger partial charge in [-0.3, -0.25) is 0 Å². The molecule has 0 amide bonds. The average molecular weight is 1390 g/mol. The lowest BCUT2D eigenvalue weighted by molar-refractivity contribution is 0.426. The predicted octanol–water partition coefficient (Wildman–Crippen LogP) is 22.6. The van der Waals surface area contributed by atoms with Crippen molar-refractivity contribution in [3.63, 3.8) is 0 Å². The van der Waals surface area contributed by atoms with Gasteiger partial charge in [0, 0.05) is 65.5 Å². The first-order chi connectivity index (χ1) is 56.9. The standard InChI is InChI=1S/C51H33N3O.C27H15Cl2N3O.C12H11BO2/c1-5-14-34(15-6-1)36-24-26-38(27-25-36)42-32-44(39-30-28-37(29-31-39)35-16-7-2-8-17-35)48-45(33-42)47-43(22-13-23-46(47)55-48)51-53-49(40-18-9-3-10-19-40)52-50(54-51)41-20-11-4-12-21-41;28-18-14-20-23-19(12-7-13-22(23)33-24(20)21(29)15-18)27-31-25(16-8-3-1-4-9-16)30-26(32-27)17-10-5-2-6-11-17;14-13(15)12-8-6-11(7-9-12)10-4-2-1-3-5-10/h1-33H;1-15H;1-9,14-15H/i1D,2D,5D,6D,7D,8D,14D,15D,16D,17D;;1D,2D,3D,4D,5D. The van der Waals surface area contributed by atoms with Crippen molar-refractivity contribution < 1.29 is 39.4 Å². The zero-order valence-corrected chi connectivity index (χ0v) is 55.5. The van der Waals surface area contributed by atoms with Gasteiger partial charge >= 0.3 is 7.12 Å². The Hall–Kier alpha value is -12.7. The Kier molecular flexibility index (Phi) is 14.1. The van der Waals surface area contributed by atoms with Gasteiger partial charge in [-0.1, -0.05) is 332 Å². The Morgan fingerprint density at radius 3 is 1.01 bits per heavy atom. The Bertz CT molecular complexity index is 6790. The van der Waals surface area contributed by atoms with Gasteiger partial charge in [-0.05, 0) is 91.9 Å². The minimum absolute atomic E-state index is 0.0926. The van der Waals surface area contributed by atoms with Crippen LogP contribution in [-0.4, -0.2) is 47.1 Å². The Morgan fingerprint density at radius 1 is 0.282 bits per heavy atom. The van der Waals surface area contributed by atoms with Crippen LogP contribution in [0.3, 0.4) is 0 Å². The van der Waals surface area contributed by atoms with E-state index in [1.807, 2.05) is 200 Å². The van der Waals surface area contributed by atoms with E-state index >= 15 is 0 Å². The van der Waals surface area contributed by atoms with E-state index in [4.69, 9.17) is 92.5 Å². The van der Waals surface area contributed by atoms with Crippen LogP contribution in [0.15, 0.2) is 354 Å². The largest absolute Gasteiger partial charge is 0.488 e. The van der Waals surface area contributed by atoms with Crippen molar-refractivity contribution in [3.05, 3.63) is 355 Å². The summed E-state index contributed by atoms with van der Waals surface area (Å²) < 4.78 is 135. The first-order valence-corrected chi connectivity index (χ1v) is 33.1. The van der Waals surface area contributed by atoms with Crippen molar-refractivity contribution in [2.75, 3.05) is 0 Å². The van der Waals surface area contributed by atoms with Crippen LogP contribution in [-0.2, 0) is 0 Å². The molecule has 18 aromatic rings. The van der Waals surface area contributed by atoms with Crippen LogP contribution >= 0.6 is 23.2 Å². The summed E-state index contributed by atoms with van der Waals surface area (Å²) in [5, 5.41) is 22.2. The maximum atomic E-state index is 9.02. The molecule has 0 aliphatic rings. The fourth-order valence-electron chi connectivity index (χ4n) is 12.0. The van der Waals surface area contributed by atoms with Crippen LogP contribution in [0, 0.1) is 0 Å². The number of halogens is 2. The summed E-state index contributed by atoms with van der Waals surface area (Å²) in [6.07, 6.45) is 0. The molecule has 4 aromatic heterocycles. The molecule has 14 aromatic carbocycles. The summed E-state index contributed by atoms with van der Waals surface area (Å²) in [4.78, 5) is 29.4. The SMILES string of the molecule is Clc1cc(Cl)c2oc3cccc(-c4nc(-c5ccccc5)nc(-c5ccccc5)n4)c3c2c1.[2H]c1c([2H])c([2H])c(-c2ccc(-c3cc(-c4ccc(-c5c([2H])c([2H])c([2H])c([2H])c5[2H])cc4)c4oc5cccc(-c6nc(-c7ccccc7)nc(-c7ccccc7)n6)c5c4c3)cc2)c([2H])c1[2H].[2H]c1c([2H])c([2H])c(-c2ccc(B(O)O)cc2)c([2H])c1[2H]. The van der Waals surface area contributed by atoms with Crippen molar-refractivity contribution in [2.45, 2.75) is 0 Å². The van der Waals surface area contributed by atoms with Gasteiger partial charge in [0.25, 0.3) is 0 Å². The minimum Gasteiger partial charge on any atom is -0.455 e. The topological polar surface area (TPSA) is 144 Å². The van der Waals surface area contributed by atoms with E-state index in [1.54, 1.807) is 30.3 Å². The molecule has 0 saturated heterocycles. The summed E-state index contributed by atoms with van der Waals surface area (Å²) >= 11 is 12.7. The maximum Gasteiger partial charge on any atom is 0.488 e. The van der Waals surface area contributed by atoms with E-state index in [2.05, 4.69) is 0 Å². The molecule has 13 heteroatoms. The van der Waals surface area contributed by atoms with Crippen LogP contribution in [0.5, 0.6) is 0 Å². The molecule has 0 atom stereocenters. The quantitative estimate of drug-likeness (QED) is 0.113. The highest BCUT2D eigenvalue weighted by molar-refractivity contribution is 6.58. The molecule has 10 nitrogen and oxygen atoms in total. The summed E-state index contributed by atoms with van der Waals surface area (Å²) in [7, 11) is -1.61. The van der Waals surface area contributed by atoms with Crippen LogP contribution in [0.25, 0.3) is 168 Å². The fraction of sp³-hybridized carbons (Fsp3) is 0. The zero-order valence-electron chi connectivity index (χ0n) is 69.0. The molecular weight excluding hydrogens is 1310 g/mol. The normalized spacial score (nSPS) is 13.1. The highest BCUT2D eigenvalue weighted by atomic mass is 35.5. The monoisotopic (exact) mass is 1380 g/mol. The molecule has 490 valence electrons. The first kappa shape index (κ1) is 49.7. The Morgan fingerprint density at radius 2 is 0.621 bits per heavy atom. The van der Waals surface area contributed by atoms with E-state index in [-0.39, 0.29) is 58.4 Å². The molecule has 0 fully saturated rings. The lowest BCUT2D eigenvalue weighted by atomic mass is 9.80. The van der Waals surface area contributed by atoms with Crippen LogP contribution in [0.4, 0.5) is 0 Å². The lowest BCUT2D eigenvalue weighted by Gasteiger charge is -2.11. The second-order valence-corrected chi connectivity index (χ2v) is 24.3. The first-order valence-electron chi connectivity index (χ1n) is 39.8. The second-order valence-electron chi connectivity index (χ2n) is 23.5. The third-order valence-electron chi connectivity index (χ3n) is 17.0. The average Bonchev–Trinajstić information content (AvgIpc) is 1.56. The highest BCUT2D eigenvalue weighted by Crippen LogP contribution is 2.45. The Balaban J connectivity index is 0.000000161. The van der Waals surface area contributed by atoms with E-state index in [1.165, 1.54) is 24.3 Å². The zero-order chi connectivity index (χ0) is 82.6. The van der Waals surface area contributed by atoms with Gasteiger partial charge in [0.05, 0.1) is 25.6 Å². The molecule has 2 N–H and O–H groups in total. The number of furan rings is 2. The van der Waals surface area contributed by atoms with Crippen LogP contribution in [0.1, 0.15) is 20.6 Å². The van der Waals surface area contributed by atoms with Gasteiger partial charge < -0.3 is 18.9 Å². The van der Waals surface area contributed by atoms with E-state index in [9.17, 15) is 0 Å². The van der Waals surface area contributed by atoms with Crippen LogP contribution in [0.2, 0.25) is 10.0 Å². The van der Waals surface area contributed by atoms with Gasteiger partial charge in [0.15, 0.2) is 40.5 Å². The number of hydrogen-bond donors (Lipinski definition) is 2. The lowest BCUT2D eigenvalue weighted by Crippen LogP contribution is -2.29. The molecule has 0 saturated carbocycles. The number of nitrogens with zero attached hydrogens (tertiary/aromatic N) is 6. The molecule has 0 radical (unpaired) electrons. The highest BCUT2D eigenvalue weighted by Gasteiger charge is 2.23. The van der Waals surface area contributed by atoms with Gasteiger partial charge in [-0.25, -0.2) is 29.9 Å². The van der Waals surface area contributed by atoms with Gasteiger partial charge in [0.1, 0.15) is 16.7 Å². The Labute approximate surface area is 625 Å². The smallest absolute Gasteiger partial charge is 0.455 e. The van der Waals surface area contributed by atoms with E-state index < -0.39 is 61.5 Å². The number of benzene rings is 14. The molecule has 0 unspecified atom stereocenters. The summed E-state index contributed by atoms with van der Waals surface area (Å²) in [6.45, 7) is 0. The predicted molar refractivity (Wildman–Crippen MR) is 420 cm³/mol. The van der Waals surface area contributed by atoms with Crippen molar-refractivity contribution in [1.82, 2.24) is 29.9 Å². The molecule has 18 rings (SSSR count). The van der Waals surface area contributed by atoms with Crippen molar-refractivity contribution in [1.29, 1.82) is 0 Å². The molecular formula is C90H59BCl2N6O4.